The van der Waals surface area contributed by atoms with Crippen LogP contribution in [0.1, 0.15) is 6.92 Å². The van der Waals surface area contributed by atoms with E-state index in [1.807, 2.05) is 30.3 Å². The van der Waals surface area contributed by atoms with Crippen LogP contribution in [0, 0.1) is 0 Å². The highest BCUT2D eigenvalue weighted by Crippen LogP contribution is 2.17. The number of carbonyl (C=O) groups excluding carboxylic acids is 2. The Kier molecular flexibility index (Phi) is 5.65. The lowest BCUT2D eigenvalue weighted by atomic mass is 10.2. The summed E-state index contributed by atoms with van der Waals surface area (Å²) in [5.41, 5.74) is 2.15. The lowest BCUT2D eigenvalue weighted by Gasteiger charge is -2.07. The Morgan fingerprint density at radius 1 is 1.04 bits per heavy atom. The second-order valence-corrected chi connectivity index (χ2v) is 6.35. The lowest BCUT2D eigenvalue weighted by molar-refractivity contribution is -0.114. The second kappa shape index (κ2) is 8.30. The van der Waals surface area contributed by atoms with Crippen molar-refractivity contribution in [3.63, 3.8) is 0 Å². The third-order valence-corrected chi connectivity index (χ3v) is 4.14. The van der Waals surface area contributed by atoms with Crippen molar-refractivity contribution in [3.05, 3.63) is 60.9 Å². The van der Waals surface area contributed by atoms with Crippen LogP contribution < -0.4 is 10.6 Å². The number of carbonyl (C=O) groups is 2. The summed E-state index contributed by atoms with van der Waals surface area (Å²) in [6.07, 6.45) is 1.62. The minimum Gasteiger partial charge on any atom is -0.326 e. The van der Waals surface area contributed by atoms with E-state index in [9.17, 15) is 9.59 Å². The molecule has 2 amide bonds. The Labute approximate surface area is 154 Å². The molecule has 0 unspecified atom stereocenters. The summed E-state index contributed by atoms with van der Waals surface area (Å²) in [6.45, 7) is 1.43. The van der Waals surface area contributed by atoms with Gasteiger partial charge in [0.2, 0.25) is 17.0 Å². The smallest absolute Gasteiger partial charge is 0.234 e. The number of hydrogen-bond donors (Lipinski definition) is 2. The van der Waals surface area contributed by atoms with Crippen LogP contribution in [0.5, 0.6) is 0 Å². The number of benzene rings is 2. The molecule has 2 N–H and O–H groups in total. The zero-order valence-corrected chi connectivity index (χ0v) is 14.9. The SMILES string of the molecule is CC(=O)Nc1cccc(NC(=O)CSc2ncn(-c3ccccc3)n2)c1. The first-order valence-corrected chi connectivity index (χ1v) is 8.86. The van der Waals surface area contributed by atoms with Gasteiger partial charge >= 0.3 is 0 Å². The Hall–Kier alpha value is -3.13. The molecule has 0 aliphatic carbocycles. The van der Waals surface area contributed by atoms with Gasteiger partial charge in [0.05, 0.1) is 11.4 Å². The monoisotopic (exact) mass is 367 g/mol. The standard InChI is InChI=1S/C18H17N5O2S/c1-13(24)20-14-6-5-7-15(10-14)21-17(25)11-26-18-19-12-23(22-18)16-8-3-2-4-9-16/h2-10,12H,11H2,1H3,(H,20,24)(H,21,25). The van der Waals surface area contributed by atoms with Gasteiger partial charge in [-0.2, -0.15) is 0 Å². The van der Waals surface area contributed by atoms with E-state index in [0.29, 0.717) is 16.5 Å². The fourth-order valence-electron chi connectivity index (χ4n) is 2.22. The van der Waals surface area contributed by atoms with E-state index < -0.39 is 0 Å². The summed E-state index contributed by atoms with van der Waals surface area (Å²) in [5.74, 6) is -0.154. The summed E-state index contributed by atoms with van der Waals surface area (Å²) in [7, 11) is 0. The van der Waals surface area contributed by atoms with Gasteiger partial charge in [0, 0.05) is 18.3 Å². The number of hydrogen-bond acceptors (Lipinski definition) is 5. The summed E-state index contributed by atoms with van der Waals surface area (Å²) < 4.78 is 1.66. The molecule has 0 saturated carbocycles. The highest BCUT2D eigenvalue weighted by molar-refractivity contribution is 7.99. The van der Waals surface area contributed by atoms with Crippen molar-refractivity contribution >= 4 is 35.0 Å². The maximum atomic E-state index is 12.1. The largest absolute Gasteiger partial charge is 0.326 e. The fraction of sp³-hybridized carbons (Fsp3) is 0.111. The van der Waals surface area contributed by atoms with E-state index in [2.05, 4.69) is 20.7 Å². The molecule has 0 spiro atoms. The zero-order chi connectivity index (χ0) is 18.4. The number of thioether (sulfide) groups is 1. The van der Waals surface area contributed by atoms with Crippen LogP contribution in [-0.4, -0.2) is 32.3 Å². The number of aromatic nitrogens is 3. The summed E-state index contributed by atoms with van der Waals surface area (Å²) in [4.78, 5) is 27.4. The first kappa shape index (κ1) is 17.7. The van der Waals surface area contributed by atoms with Gasteiger partial charge in [-0.3, -0.25) is 9.59 Å². The molecule has 1 heterocycles. The molecule has 0 saturated heterocycles. The van der Waals surface area contributed by atoms with Crippen molar-refractivity contribution < 1.29 is 9.59 Å². The molecule has 3 aromatic rings. The van der Waals surface area contributed by atoms with Crippen molar-refractivity contribution in [2.24, 2.45) is 0 Å². The number of nitrogens with zero attached hydrogens (tertiary/aromatic N) is 3. The van der Waals surface area contributed by atoms with Crippen LogP contribution in [0.25, 0.3) is 5.69 Å². The minimum absolute atomic E-state index is 0.163. The summed E-state index contributed by atoms with van der Waals surface area (Å²) in [5, 5.41) is 10.3. The average molecular weight is 367 g/mol. The molecule has 2 aromatic carbocycles. The first-order valence-electron chi connectivity index (χ1n) is 7.87. The van der Waals surface area contributed by atoms with Gasteiger partial charge < -0.3 is 10.6 Å². The predicted octanol–water partition coefficient (Wildman–Crippen LogP) is 2.96. The molecule has 7 nitrogen and oxygen atoms in total. The van der Waals surface area contributed by atoms with E-state index in [4.69, 9.17) is 0 Å². The van der Waals surface area contributed by atoms with E-state index in [1.54, 1.807) is 35.3 Å². The quantitative estimate of drug-likeness (QED) is 0.654. The molecule has 0 atom stereocenters. The second-order valence-electron chi connectivity index (χ2n) is 5.41. The van der Waals surface area contributed by atoms with E-state index in [-0.39, 0.29) is 17.6 Å². The maximum absolute atomic E-state index is 12.1. The highest BCUT2D eigenvalue weighted by Gasteiger charge is 2.08. The van der Waals surface area contributed by atoms with Gasteiger partial charge in [-0.05, 0) is 30.3 Å². The van der Waals surface area contributed by atoms with Crippen LogP contribution in [0.4, 0.5) is 11.4 Å². The van der Waals surface area contributed by atoms with Crippen LogP contribution in [-0.2, 0) is 9.59 Å². The molecular weight excluding hydrogens is 350 g/mol. The van der Waals surface area contributed by atoms with E-state index in [0.717, 1.165) is 5.69 Å². The molecule has 1 aromatic heterocycles. The molecule has 0 radical (unpaired) electrons. The Balaban J connectivity index is 1.55. The number of anilines is 2. The van der Waals surface area contributed by atoms with Crippen molar-refractivity contribution in [2.75, 3.05) is 16.4 Å². The number of nitrogens with one attached hydrogen (secondary N) is 2. The van der Waals surface area contributed by atoms with E-state index in [1.165, 1.54) is 18.7 Å². The summed E-state index contributed by atoms with van der Waals surface area (Å²) in [6, 6.07) is 16.6. The topological polar surface area (TPSA) is 88.9 Å². The van der Waals surface area contributed by atoms with Crippen LogP contribution >= 0.6 is 11.8 Å². The van der Waals surface area contributed by atoms with Crippen molar-refractivity contribution in [1.29, 1.82) is 0 Å². The Morgan fingerprint density at radius 2 is 1.77 bits per heavy atom. The van der Waals surface area contributed by atoms with Gasteiger partial charge in [0.25, 0.3) is 0 Å². The molecule has 0 fully saturated rings. The number of para-hydroxylation sites is 1. The zero-order valence-electron chi connectivity index (χ0n) is 14.0. The van der Waals surface area contributed by atoms with Gasteiger partial charge in [-0.15, -0.1) is 5.10 Å². The lowest BCUT2D eigenvalue weighted by Crippen LogP contribution is -2.14. The normalized spacial score (nSPS) is 10.3. The van der Waals surface area contributed by atoms with Crippen LogP contribution in [0.2, 0.25) is 0 Å². The molecule has 132 valence electrons. The third-order valence-electron chi connectivity index (χ3n) is 3.29. The predicted molar refractivity (Wildman–Crippen MR) is 101 cm³/mol. The van der Waals surface area contributed by atoms with Crippen LogP contribution in [0.3, 0.4) is 0 Å². The maximum Gasteiger partial charge on any atom is 0.234 e. The van der Waals surface area contributed by atoms with Crippen molar-refractivity contribution in [2.45, 2.75) is 12.1 Å². The third kappa shape index (κ3) is 4.93. The van der Waals surface area contributed by atoms with Crippen molar-refractivity contribution in [1.82, 2.24) is 14.8 Å². The molecule has 8 heteroatoms. The number of rotatable bonds is 6. The molecule has 26 heavy (non-hydrogen) atoms. The molecule has 0 bridgehead atoms. The fourth-order valence-corrected chi connectivity index (χ4v) is 2.82. The Morgan fingerprint density at radius 3 is 2.50 bits per heavy atom. The summed E-state index contributed by atoms with van der Waals surface area (Å²) >= 11 is 1.25. The molecule has 0 aliphatic heterocycles. The molecule has 0 aliphatic rings. The minimum atomic E-state index is -0.175. The highest BCUT2D eigenvalue weighted by atomic mass is 32.2. The van der Waals surface area contributed by atoms with Gasteiger partial charge in [0.15, 0.2) is 0 Å². The average Bonchev–Trinajstić information content (AvgIpc) is 3.09. The van der Waals surface area contributed by atoms with Gasteiger partial charge in [-0.25, -0.2) is 9.67 Å². The van der Waals surface area contributed by atoms with E-state index >= 15 is 0 Å². The number of amides is 2. The molecular formula is C18H17N5O2S. The van der Waals surface area contributed by atoms with Gasteiger partial charge in [-0.1, -0.05) is 36.0 Å². The van der Waals surface area contributed by atoms with Crippen LogP contribution in [0.15, 0.2) is 66.1 Å². The first-order chi connectivity index (χ1) is 12.6. The Bertz CT molecular complexity index is 911. The molecule has 3 rings (SSSR count). The van der Waals surface area contributed by atoms with Crippen molar-refractivity contribution in [3.8, 4) is 5.69 Å². The van der Waals surface area contributed by atoms with Gasteiger partial charge in [0.1, 0.15) is 6.33 Å².